The number of hydrogen-bond acceptors (Lipinski definition) is 8. The number of carbonyl (C=O) groups excluding carboxylic acids is 1. The van der Waals surface area contributed by atoms with E-state index in [4.69, 9.17) is 15.0 Å². The Balaban J connectivity index is 3.07. The average Bonchev–Trinajstić information content (AvgIpc) is 2.86. The van der Waals surface area contributed by atoms with Crippen molar-refractivity contribution in [3.05, 3.63) is 0 Å². The average molecular weight is 438 g/mol. The molecule has 3 unspecified atom stereocenters. The number of nitrogens with two attached hydrogens (primary N) is 1. The molecule has 0 aliphatic carbocycles. The molecule has 13 heteroatoms. The van der Waals surface area contributed by atoms with Gasteiger partial charge in [-0.15, -0.1) is 0 Å². The molecule has 1 aliphatic heterocycles. The molecule has 2 amide bonds. The first-order chi connectivity index (χ1) is 13.3. The van der Waals surface area contributed by atoms with E-state index in [0.29, 0.717) is 0 Å². The quantitative estimate of drug-likeness (QED) is 0.197. The largest absolute Gasteiger partial charge is 0.388 e. The maximum absolute atomic E-state index is 12.3. The van der Waals surface area contributed by atoms with Gasteiger partial charge in [-0.1, -0.05) is 6.92 Å². The fourth-order valence-corrected chi connectivity index (χ4v) is 3.74. The first kappa shape index (κ1) is 25.6. The summed E-state index contributed by atoms with van der Waals surface area (Å²) < 4.78 is 23.0. The van der Waals surface area contributed by atoms with Crippen molar-refractivity contribution < 1.29 is 38.8 Å². The third kappa shape index (κ3) is 6.54. The molecule has 0 radical (unpaired) electrons. The Morgan fingerprint density at radius 3 is 2.48 bits per heavy atom. The predicted octanol–water partition coefficient (Wildman–Crippen LogP) is -0.0106. The number of amides is 2. The highest BCUT2D eigenvalue weighted by Crippen LogP contribution is 2.51. The van der Waals surface area contributed by atoms with Crippen LogP contribution in [0.5, 0.6) is 0 Å². The van der Waals surface area contributed by atoms with E-state index in [0.717, 1.165) is 18.2 Å². The van der Waals surface area contributed by atoms with Crippen LogP contribution < -0.4 is 5.73 Å². The molecule has 6 N–H and O–H groups in total. The van der Waals surface area contributed by atoms with E-state index in [2.05, 4.69) is 9.98 Å². The van der Waals surface area contributed by atoms with E-state index in [1.54, 1.807) is 6.92 Å². The van der Waals surface area contributed by atoms with Crippen molar-refractivity contribution in [1.82, 2.24) is 4.90 Å². The van der Waals surface area contributed by atoms with Crippen molar-refractivity contribution in [1.29, 1.82) is 0 Å². The number of rotatable bonds is 8. The summed E-state index contributed by atoms with van der Waals surface area (Å²) in [5.41, 5.74) is 4.16. The minimum Gasteiger partial charge on any atom is -0.388 e. The molecule has 1 aliphatic rings. The monoisotopic (exact) mass is 438 g/mol. The summed E-state index contributed by atoms with van der Waals surface area (Å²) >= 11 is 0. The Kier molecular flexibility index (Phi) is 8.90. The maximum Gasteiger partial charge on any atom is 0.356 e. The Labute approximate surface area is 169 Å². The lowest BCUT2D eigenvalue weighted by atomic mass is 9.93. The second-order valence-corrected chi connectivity index (χ2v) is 9.22. The second kappa shape index (κ2) is 10.1. The van der Waals surface area contributed by atoms with E-state index in [-0.39, 0.29) is 18.7 Å². The van der Waals surface area contributed by atoms with Crippen molar-refractivity contribution in [2.75, 3.05) is 7.05 Å². The third-order valence-electron chi connectivity index (χ3n) is 4.55. The van der Waals surface area contributed by atoms with Gasteiger partial charge in [0, 0.05) is 13.5 Å². The summed E-state index contributed by atoms with van der Waals surface area (Å²) in [6.07, 6.45) is -4.06. The molecule has 1 saturated heterocycles. The van der Waals surface area contributed by atoms with Crippen LogP contribution in [0.15, 0.2) is 9.98 Å². The summed E-state index contributed by atoms with van der Waals surface area (Å²) in [5, 5.41) is 30.3. The van der Waals surface area contributed by atoms with Gasteiger partial charge in [-0.05, 0) is 27.2 Å². The Hall–Kier alpha value is -1.40. The zero-order valence-corrected chi connectivity index (χ0v) is 18.1. The van der Waals surface area contributed by atoms with Crippen LogP contribution in [0.1, 0.15) is 40.5 Å². The van der Waals surface area contributed by atoms with Gasteiger partial charge in [0.2, 0.25) is 0 Å². The van der Waals surface area contributed by atoms with Crippen molar-refractivity contribution in [2.45, 2.75) is 76.5 Å². The van der Waals surface area contributed by atoms with Gasteiger partial charge in [0.25, 0.3) is 0 Å². The van der Waals surface area contributed by atoms with Crippen molar-refractivity contribution >= 4 is 25.8 Å². The minimum atomic E-state index is -4.33. The number of nitrogens with zero attached hydrogens (tertiary/aromatic N) is 3. The normalized spacial score (nSPS) is 30.7. The lowest BCUT2D eigenvalue weighted by molar-refractivity contribution is -0.0695. The molecular formula is C16H31N4O8P. The maximum atomic E-state index is 12.3. The molecule has 29 heavy (non-hydrogen) atoms. The Morgan fingerprint density at radius 2 is 2.03 bits per heavy atom. The fourth-order valence-electron chi connectivity index (χ4n) is 2.75. The number of carbonyl (C=O) groups is 1. The second-order valence-electron chi connectivity index (χ2n) is 7.16. The molecule has 1 fully saturated rings. The molecular weight excluding hydrogens is 407 g/mol. The van der Waals surface area contributed by atoms with Gasteiger partial charge in [0.1, 0.15) is 18.0 Å². The van der Waals surface area contributed by atoms with Crippen LogP contribution >= 0.6 is 7.60 Å². The van der Waals surface area contributed by atoms with Crippen molar-refractivity contribution in [3.63, 3.8) is 0 Å². The molecule has 0 aromatic rings. The molecule has 0 saturated carbocycles. The number of ether oxygens (including phenoxy) is 1. The van der Waals surface area contributed by atoms with Crippen LogP contribution in [0, 0.1) is 0 Å². The number of aliphatic hydroxyl groups excluding tert-OH is 3. The van der Waals surface area contributed by atoms with E-state index in [1.807, 2.05) is 0 Å². The summed E-state index contributed by atoms with van der Waals surface area (Å²) in [7, 11) is -2.94. The van der Waals surface area contributed by atoms with Crippen LogP contribution in [0.4, 0.5) is 4.79 Å². The predicted molar refractivity (Wildman–Crippen MR) is 106 cm³/mol. The number of amidine groups is 1. The van der Waals surface area contributed by atoms with Crippen LogP contribution in [0.3, 0.4) is 0 Å². The van der Waals surface area contributed by atoms with Crippen molar-refractivity contribution in [2.24, 2.45) is 15.7 Å². The Morgan fingerprint density at radius 1 is 1.45 bits per heavy atom. The van der Waals surface area contributed by atoms with E-state index >= 15 is 0 Å². The van der Waals surface area contributed by atoms with Gasteiger partial charge in [-0.2, -0.15) is 4.99 Å². The fraction of sp³-hybridized carbons (Fsp3) is 0.812. The SMILES string of the molecule is CCC(C)(C[C@H]1O[C@@H](N(/C=N/C)C(=O)/N=C(\C)N)[C@H](O)[C@@H]1O)OP(=O)(O)C(C)O. The van der Waals surface area contributed by atoms with Crippen LogP contribution in [0.2, 0.25) is 0 Å². The van der Waals surface area contributed by atoms with E-state index in [1.165, 1.54) is 20.9 Å². The summed E-state index contributed by atoms with van der Waals surface area (Å²) in [5.74, 6) is -1.62. The smallest absolute Gasteiger partial charge is 0.356 e. The number of hydrogen-bond donors (Lipinski definition) is 5. The highest BCUT2D eigenvalue weighted by atomic mass is 31.2. The molecule has 0 bridgehead atoms. The topological polar surface area (TPSA) is 187 Å². The number of aliphatic imine (C=N–C) groups is 2. The van der Waals surface area contributed by atoms with Gasteiger partial charge in [-0.3, -0.25) is 14.5 Å². The molecule has 168 valence electrons. The highest BCUT2D eigenvalue weighted by molar-refractivity contribution is 7.53. The molecule has 12 nitrogen and oxygen atoms in total. The van der Waals surface area contributed by atoms with Gasteiger partial charge in [0.05, 0.1) is 18.0 Å². The first-order valence-electron chi connectivity index (χ1n) is 9.06. The zero-order valence-electron chi connectivity index (χ0n) is 17.2. The molecule has 1 rings (SSSR count). The zero-order chi connectivity index (χ0) is 22.6. The van der Waals surface area contributed by atoms with Gasteiger partial charge in [-0.25, -0.2) is 4.79 Å². The molecule has 0 spiro atoms. The first-order valence-corrected chi connectivity index (χ1v) is 10.7. The lowest BCUT2D eigenvalue weighted by Crippen LogP contribution is -2.46. The van der Waals surface area contributed by atoms with Gasteiger partial charge >= 0.3 is 13.6 Å². The third-order valence-corrected chi connectivity index (χ3v) is 6.20. The summed E-state index contributed by atoms with van der Waals surface area (Å²) in [6.45, 7) is 5.75. The van der Waals surface area contributed by atoms with E-state index in [9.17, 15) is 29.6 Å². The molecule has 7 atom stereocenters. The van der Waals surface area contributed by atoms with Gasteiger partial charge < -0.3 is 35.2 Å². The van der Waals surface area contributed by atoms with Crippen LogP contribution in [-0.4, -0.2) is 86.4 Å². The summed E-state index contributed by atoms with van der Waals surface area (Å²) in [6, 6.07) is -0.851. The van der Waals surface area contributed by atoms with Crippen LogP contribution in [0.25, 0.3) is 0 Å². The van der Waals surface area contributed by atoms with Crippen LogP contribution in [-0.2, 0) is 13.8 Å². The van der Waals surface area contributed by atoms with Gasteiger partial charge in [0.15, 0.2) is 12.1 Å². The summed E-state index contributed by atoms with van der Waals surface area (Å²) in [4.78, 5) is 30.3. The van der Waals surface area contributed by atoms with Crippen molar-refractivity contribution in [3.8, 4) is 0 Å². The molecule has 0 aromatic heterocycles. The molecule has 1 heterocycles. The lowest BCUT2D eigenvalue weighted by Gasteiger charge is -2.34. The molecule has 0 aromatic carbocycles. The number of aliphatic hydroxyl groups is 3. The standard InChI is InChI=1S/C16H31N4O8P/c1-6-16(4,28-29(25,26)10(3)21)7-11-12(22)13(23)14(27-11)20(8-18-5)15(24)19-9(2)17/h8,10-14,21-23H,6-7H2,1-5H3,(H,25,26)(H2,17,19,24)/b18-8+/t10?,11-,12-,13-,14-,16?/m1/s1. The van der Waals surface area contributed by atoms with E-state index < -0.39 is 49.6 Å². The highest BCUT2D eigenvalue weighted by Gasteiger charge is 2.50. The Bertz CT molecular complexity index is 684. The number of urea groups is 1. The minimum absolute atomic E-state index is 0.0159.